The number of para-hydroxylation sites is 1. The average Bonchev–Trinajstić information content (AvgIpc) is 3.07. The van der Waals surface area contributed by atoms with Crippen molar-refractivity contribution in [1.29, 1.82) is 0 Å². The molecule has 0 saturated carbocycles. The predicted molar refractivity (Wildman–Crippen MR) is 93.2 cm³/mol. The van der Waals surface area contributed by atoms with Gasteiger partial charge in [0.05, 0.1) is 12.8 Å². The van der Waals surface area contributed by atoms with Crippen LogP contribution in [0, 0.1) is 6.92 Å². The minimum absolute atomic E-state index is 0.268. The summed E-state index contributed by atoms with van der Waals surface area (Å²) in [7, 11) is 1.70. The van der Waals surface area contributed by atoms with Crippen molar-refractivity contribution in [1.82, 2.24) is 4.90 Å². The summed E-state index contributed by atoms with van der Waals surface area (Å²) in [6, 6.07) is 11.6. The summed E-state index contributed by atoms with van der Waals surface area (Å²) in [5, 5.41) is 10.3. The summed E-state index contributed by atoms with van der Waals surface area (Å²) >= 11 is 0. The highest BCUT2D eigenvalue weighted by molar-refractivity contribution is 5.31. The lowest BCUT2D eigenvalue weighted by Crippen LogP contribution is -2.36. The Balaban J connectivity index is 1.83. The SMILES string of the molecule is COCCCN(Cc1ccco1)C[C@H](O)COc1ccccc1C. The summed E-state index contributed by atoms with van der Waals surface area (Å²) in [6.07, 6.45) is 2.00. The monoisotopic (exact) mass is 333 g/mol. The molecule has 1 N–H and O–H groups in total. The van der Waals surface area contributed by atoms with Crippen molar-refractivity contribution < 1.29 is 19.0 Å². The van der Waals surface area contributed by atoms with Crippen LogP contribution in [-0.4, -0.2) is 49.5 Å². The average molecular weight is 333 g/mol. The van der Waals surface area contributed by atoms with Crippen molar-refractivity contribution in [3.8, 4) is 5.75 Å². The van der Waals surface area contributed by atoms with Crippen molar-refractivity contribution in [2.75, 3.05) is 33.4 Å². The van der Waals surface area contributed by atoms with E-state index < -0.39 is 6.10 Å². The minimum Gasteiger partial charge on any atom is -0.491 e. The first-order chi connectivity index (χ1) is 11.7. The van der Waals surface area contributed by atoms with E-state index >= 15 is 0 Å². The normalized spacial score (nSPS) is 12.5. The zero-order valence-electron chi connectivity index (χ0n) is 14.5. The molecular weight excluding hydrogens is 306 g/mol. The number of aliphatic hydroxyl groups is 1. The molecule has 132 valence electrons. The zero-order valence-corrected chi connectivity index (χ0v) is 14.5. The molecule has 2 rings (SSSR count). The molecule has 0 bridgehead atoms. The van der Waals surface area contributed by atoms with E-state index in [4.69, 9.17) is 13.9 Å². The van der Waals surface area contributed by atoms with Gasteiger partial charge in [0.1, 0.15) is 24.2 Å². The third-order valence-electron chi connectivity index (χ3n) is 3.78. The second-order valence-corrected chi connectivity index (χ2v) is 5.89. The van der Waals surface area contributed by atoms with E-state index in [-0.39, 0.29) is 6.61 Å². The van der Waals surface area contributed by atoms with Gasteiger partial charge < -0.3 is 19.0 Å². The van der Waals surface area contributed by atoms with Crippen LogP contribution in [0.3, 0.4) is 0 Å². The highest BCUT2D eigenvalue weighted by Crippen LogP contribution is 2.16. The molecule has 2 aromatic rings. The first-order valence-corrected chi connectivity index (χ1v) is 8.29. The van der Waals surface area contributed by atoms with E-state index in [2.05, 4.69) is 4.90 Å². The Morgan fingerprint density at radius 3 is 2.75 bits per heavy atom. The van der Waals surface area contributed by atoms with Gasteiger partial charge in [0, 0.05) is 26.8 Å². The summed E-state index contributed by atoms with van der Waals surface area (Å²) < 4.78 is 16.3. The van der Waals surface area contributed by atoms with Crippen LogP contribution in [0.15, 0.2) is 47.1 Å². The van der Waals surface area contributed by atoms with Gasteiger partial charge in [-0.15, -0.1) is 0 Å². The van der Waals surface area contributed by atoms with Gasteiger partial charge in [-0.3, -0.25) is 4.90 Å². The van der Waals surface area contributed by atoms with Crippen molar-refractivity contribution in [3.63, 3.8) is 0 Å². The number of rotatable bonds is 11. The zero-order chi connectivity index (χ0) is 17.2. The molecule has 0 radical (unpaired) electrons. The van der Waals surface area contributed by atoms with Gasteiger partial charge in [-0.2, -0.15) is 0 Å². The first kappa shape index (κ1) is 18.5. The molecular formula is C19H27NO4. The first-order valence-electron chi connectivity index (χ1n) is 8.29. The molecule has 0 fully saturated rings. The van der Waals surface area contributed by atoms with Crippen LogP contribution in [0.1, 0.15) is 17.7 Å². The van der Waals surface area contributed by atoms with Crippen molar-refractivity contribution in [2.24, 2.45) is 0 Å². The molecule has 24 heavy (non-hydrogen) atoms. The molecule has 5 heteroatoms. The summed E-state index contributed by atoms with van der Waals surface area (Å²) in [5.74, 6) is 1.70. The van der Waals surface area contributed by atoms with Gasteiger partial charge >= 0.3 is 0 Å². The molecule has 0 spiro atoms. The molecule has 0 amide bonds. The summed E-state index contributed by atoms with van der Waals surface area (Å²) in [5.41, 5.74) is 1.07. The number of methoxy groups -OCH3 is 1. The topological polar surface area (TPSA) is 55.1 Å². The number of benzene rings is 1. The van der Waals surface area contributed by atoms with Gasteiger partial charge in [-0.05, 0) is 37.1 Å². The van der Waals surface area contributed by atoms with E-state index in [0.29, 0.717) is 19.7 Å². The lowest BCUT2D eigenvalue weighted by Gasteiger charge is -2.24. The molecule has 5 nitrogen and oxygen atoms in total. The Morgan fingerprint density at radius 2 is 2.04 bits per heavy atom. The molecule has 1 atom stereocenters. The molecule has 0 saturated heterocycles. The fraction of sp³-hybridized carbons (Fsp3) is 0.474. The Bertz CT molecular complexity index is 571. The second kappa shape index (κ2) is 10.1. The van der Waals surface area contributed by atoms with Crippen LogP contribution in [0.5, 0.6) is 5.75 Å². The van der Waals surface area contributed by atoms with Crippen molar-refractivity contribution >= 4 is 0 Å². The summed E-state index contributed by atoms with van der Waals surface area (Å²) in [6.45, 7) is 4.98. The maximum absolute atomic E-state index is 10.3. The standard InChI is InChI=1S/C19H27NO4/c1-16-7-3-4-9-19(16)24-15-17(21)13-20(10-6-11-22-2)14-18-8-5-12-23-18/h3-5,7-9,12,17,21H,6,10-11,13-15H2,1-2H3/t17-/m0/s1. The highest BCUT2D eigenvalue weighted by Gasteiger charge is 2.14. The van der Waals surface area contributed by atoms with E-state index in [1.54, 1.807) is 13.4 Å². The Hall–Kier alpha value is -1.82. The van der Waals surface area contributed by atoms with E-state index in [1.807, 2.05) is 43.3 Å². The quantitative estimate of drug-likeness (QED) is 0.641. The lowest BCUT2D eigenvalue weighted by molar-refractivity contribution is 0.0592. The molecule has 1 aromatic heterocycles. The van der Waals surface area contributed by atoms with Gasteiger partial charge in [-0.25, -0.2) is 0 Å². The van der Waals surface area contributed by atoms with E-state index in [9.17, 15) is 5.11 Å². The number of hydrogen-bond donors (Lipinski definition) is 1. The third-order valence-corrected chi connectivity index (χ3v) is 3.78. The number of ether oxygens (including phenoxy) is 2. The smallest absolute Gasteiger partial charge is 0.122 e. The number of hydrogen-bond acceptors (Lipinski definition) is 5. The minimum atomic E-state index is -0.567. The van der Waals surface area contributed by atoms with Crippen LogP contribution < -0.4 is 4.74 Å². The maximum Gasteiger partial charge on any atom is 0.122 e. The van der Waals surface area contributed by atoms with Crippen LogP contribution >= 0.6 is 0 Å². The van der Waals surface area contributed by atoms with Crippen molar-refractivity contribution in [2.45, 2.75) is 26.0 Å². The van der Waals surface area contributed by atoms with Crippen LogP contribution in [0.4, 0.5) is 0 Å². The molecule has 1 aromatic carbocycles. The Morgan fingerprint density at radius 1 is 1.21 bits per heavy atom. The molecule has 1 heterocycles. The fourth-order valence-corrected chi connectivity index (χ4v) is 2.55. The number of aryl methyl sites for hydroxylation is 1. The third kappa shape index (κ3) is 6.35. The number of nitrogens with zero attached hydrogens (tertiary/aromatic N) is 1. The van der Waals surface area contributed by atoms with Gasteiger partial charge in [0.2, 0.25) is 0 Å². The van der Waals surface area contributed by atoms with Crippen LogP contribution in [0.25, 0.3) is 0 Å². The van der Waals surface area contributed by atoms with E-state index in [0.717, 1.165) is 30.0 Å². The maximum atomic E-state index is 10.3. The molecule has 0 aliphatic rings. The molecule has 0 aliphatic carbocycles. The van der Waals surface area contributed by atoms with E-state index in [1.165, 1.54) is 0 Å². The predicted octanol–water partition coefficient (Wildman–Crippen LogP) is 2.87. The highest BCUT2D eigenvalue weighted by atomic mass is 16.5. The lowest BCUT2D eigenvalue weighted by atomic mass is 10.2. The van der Waals surface area contributed by atoms with Crippen molar-refractivity contribution in [3.05, 3.63) is 54.0 Å². The molecule has 0 aliphatic heterocycles. The Labute approximate surface area is 143 Å². The van der Waals surface area contributed by atoms with Crippen LogP contribution in [0.2, 0.25) is 0 Å². The molecule has 0 unspecified atom stereocenters. The van der Waals surface area contributed by atoms with Gasteiger partial charge in [0.15, 0.2) is 0 Å². The number of aliphatic hydroxyl groups excluding tert-OH is 1. The fourth-order valence-electron chi connectivity index (χ4n) is 2.55. The van der Waals surface area contributed by atoms with Crippen LogP contribution in [-0.2, 0) is 11.3 Å². The van der Waals surface area contributed by atoms with Gasteiger partial charge in [-0.1, -0.05) is 18.2 Å². The van der Waals surface area contributed by atoms with Gasteiger partial charge in [0.25, 0.3) is 0 Å². The largest absolute Gasteiger partial charge is 0.491 e. The Kier molecular flexibility index (Phi) is 7.82. The second-order valence-electron chi connectivity index (χ2n) is 5.89. The number of furan rings is 1. The summed E-state index contributed by atoms with van der Waals surface area (Å²) in [4.78, 5) is 2.16.